The van der Waals surface area contributed by atoms with E-state index in [2.05, 4.69) is 20.6 Å². The van der Waals surface area contributed by atoms with Crippen molar-refractivity contribution in [1.82, 2.24) is 15.3 Å². The number of amides is 1. The number of nitrogens with zero attached hydrogens (tertiary/aromatic N) is 2. The van der Waals surface area contributed by atoms with E-state index in [0.29, 0.717) is 18.4 Å². The van der Waals surface area contributed by atoms with E-state index in [0.717, 1.165) is 19.4 Å². The summed E-state index contributed by atoms with van der Waals surface area (Å²) in [5, 5.41) is 5.87. The number of carbonyl (C=O) groups is 1. The number of oxazole rings is 1. The average Bonchev–Trinajstić information content (AvgIpc) is 3.18. The number of hydrogen-bond acceptors (Lipinski definition) is 6. The smallest absolute Gasteiger partial charge is 0.301 e. The Morgan fingerprint density at radius 1 is 1.48 bits per heavy atom. The molecule has 0 radical (unpaired) electrons. The molecule has 2 aromatic rings. The Balaban J connectivity index is 1.67. The van der Waals surface area contributed by atoms with Crippen molar-refractivity contribution in [3.05, 3.63) is 36.5 Å². The minimum absolute atomic E-state index is 0.133. The van der Waals surface area contributed by atoms with Crippen molar-refractivity contribution in [1.29, 1.82) is 0 Å². The van der Waals surface area contributed by atoms with E-state index in [1.807, 2.05) is 0 Å². The monoisotopic (exact) mass is 288 g/mol. The van der Waals surface area contributed by atoms with Crippen LogP contribution in [0.3, 0.4) is 0 Å². The Morgan fingerprint density at radius 2 is 2.43 bits per heavy atom. The molecule has 1 fully saturated rings. The highest BCUT2D eigenvalue weighted by Gasteiger charge is 2.19. The van der Waals surface area contributed by atoms with Gasteiger partial charge in [0.15, 0.2) is 11.4 Å². The second-order valence-electron chi connectivity index (χ2n) is 4.75. The van der Waals surface area contributed by atoms with Crippen LogP contribution in [-0.4, -0.2) is 35.1 Å². The van der Waals surface area contributed by atoms with Gasteiger partial charge in [-0.2, -0.15) is 0 Å². The van der Waals surface area contributed by atoms with E-state index >= 15 is 0 Å². The van der Waals surface area contributed by atoms with Gasteiger partial charge in [-0.1, -0.05) is 0 Å². The zero-order chi connectivity index (χ0) is 14.5. The van der Waals surface area contributed by atoms with Gasteiger partial charge in [-0.15, -0.1) is 0 Å². The second-order valence-corrected chi connectivity index (χ2v) is 4.75. The Labute approximate surface area is 121 Å². The molecular formula is C14H16N4O3. The van der Waals surface area contributed by atoms with Gasteiger partial charge in [-0.05, 0) is 31.5 Å². The third-order valence-electron chi connectivity index (χ3n) is 3.24. The molecule has 7 nitrogen and oxygen atoms in total. The van der Waals surface area contributed by atoms with Crippen LogP contribution in [0.2, 0.25) is 0 Å². The summed E-state index contributed by atoms with van der Waals surface area (Å²) in [6, 6.07) is 3.92. The van der Waals surface area contributed by atoms with Crippen LogP contribution < -0.4 is 15.4 Å². The molecule has 0 bridgehead atoms. The van der Waals surface area contributed by atoms with E-state index in [9.17, 15) is 4.79 Å². The van der Waals surface area contributed by atoms with Crippen LogP contribution in [0.15, 0.2) is 35.2 Å². The topological polar surface area (TPSA) is 89.3 Å². The maximum Gasteiger partial charge on any atom is 0.301 e. The summed E-state index contributed by atoms with van der Waals surface area (Å²) in [6.45, 7) is 1.53. The van der Waals surface area contributed by atoms with Crippen molar-refractivity contribution in [3.8, 4) is 5.75 Å². The molecule has 0 spiro atoms. The number of ether oxygens (including phenoxy) is 1. The van der Waals surface area contributed by atoms with Crippen molar-refractivity contribution >= 4 is 11.9 Å². The Hall–Kier alpha value is -2.41. The molecule has 0 aliphatic carbocycles. The average molecular weight is 288 g/mol. The van der Waals surface area contributed by atoms with Gasteiger partial charge in [0.25, 0.3) is 5.91 Å². The van der Waals surface area contributed by atoms with Crippen molar-refractivity contribution in [2.45, 2.75) is 18.9 Å². The number of rotatable bonds is 5. The van der Waals surface area contributed by atoms with Gasteiger partial charge in [0.05, 0.1) is 6.20 Å². The fourth-order valence-electron chi connectivity index (χ4n) is 2.21. The zero-order valence-corrected chi connectivity index (χ0v) is 11.4. The zero-order valence-electron chi connectivity index (χ0n) is 11.4. The Bertz CT molecular complexity index is 594. The minimum atomic E-state index is -0.410. The van der Waals surface area contributed by atoms with E-state index in [4.69, 9.17) is 9.15 Å². The Kier molecular flexibility index (Phi) is 4.11. The highest BCUT2D eigenvalue weighted by Crippen LogP contribution is 2.18. The standard InChI is InChI=1S/C14H16N4O3/c19-13(18-14-17-7-8-20-14)12-11(4-2-6-16-12)21-9-10-3-1-5-15-10/h2,4,6-8,10,15H,1,3,5,9H2,(H,17,18,19). The third kappa shape index (κ3) is 3.38. The highest BCUT2D eigenvalue weighted by atomic mass is 16.5. The molecular weight excluding hydrogens is 272 g/mol. The van der Waals surface area contributed by atoms with Gasteiger partial charge in [-0.25, -0.2) is 9.97 Å². The summed E-state index contributed by atoms with van der Waals surface area (Å²) in [4.78, 5) is 20.1. The minimum Gasteiger partial charge on any atom is -0.489 e. The fourth-order valence-corrected chi connectivity index (χ4v) is 2.21. The molecule has 0 saturated carbocycles. The predicted molar refractivity (Wildman–Crippen MR) is 75.2 cm³/mol. The van der Waals surface area contributed by atoms with Crippen LogP contribution in [0, 0.1) is 0 Å². The van der Waals surface area contributed by atoms with Crippen molar-refractivity contribution < 1.29 is 13.9 Å². The van der Waals surface area contributed by atoms with Crippen LogP contribution in [0.4, 0.5) is 6.01 Å². The summed E-state index contributed by atoms with van der Waals surface area (Å²) in [6.07, 6.45) is 6.62. The molecule has 1 atom stereocenters. The van der Waals surface area contributed by atoms with Gasteiger partial charge in [0.1, 0.15) is 12.9 Å². The lowest BCUT2D eigenvalue weighted by Crippen LogP contribution is -2.28. The molecule has 1 aliphatic heterocycles. The highest BCUT2D eigenvalue weighted by molar-refractivity contribution is 6.03. The lowest BCUT2D eigenvalue weighted by atomic mass is 10.2. The molecule has 2 N–H and O–H groups in total. The summed E-state index contributed by atoms with van der Waals surface area (Å²) in [7, 11) is 0. The summed E-state index contributed by atoms with van der Waals surface area (Å²) in [5.41, 5.74) is 0.216. The fraction of sp³-hybridized carbons (Fsp3) is 0.357. The lowest BCUT2D eigenvalue weighted by molar-refractivity contribution is 0.101. The molecule has 110 valence electrons. The largest absolute Gasteiger partial charge is 0.489 e. The van der Waals surface area contributed by atoms with Crippen molar-refractivity contribution in [3.63, 3.8) is 0 Å². The molecule has 3 rings (SSSR count). The third-order valence-corrected chi connectivity index (χ3v) is 3.24. The first-order valence-electron chi connectivity index (χ1n) is 6.85. The van der Waals surface area contributed by atoms with Gasteiger partial charge in [0, 0.05) is 12.2 Å². The predicted octanol–water partition coefficient (Wildman–Crippen LogP) is 1.45. The molecule has 1 unspecified atom stereocenters. The molecule has 1 aliphatic rings. The van der Waals surface area contributed by atoms with Gasteiger partial charge < -0.3 is 14.5 Å². The molecule has 3 heterocycles. The SMILES string of the molecule is O=C(Nc1ncco1)c1ncccc1OCC1CCCN1. The van der Waals surface area contributed by atoms with Crippen LogP contribution in [0.5, 0.6) is 5.75 Å². The first-order valence-corrected chi connectivity index (χ1v) is 6.85. The quantitative estimate of drug-likeness (QED) is 0.865. The first kappa shape index (κ1) is 13.6. The van der Waals surface area contributed by atoms with Crippen LogP contribution in [0.1, 0.15) is 23.3 Å². The molecule has 1 saturated heterocycles. The molecule has 7 heteroatoms. The van der Waals surface area contributed by atoms with Crippen LogP contribution in [0.25, 0.3) is 0 Å². The molecule has 21 heavy (non-hydrogen) atoms. The van der Waals surface area contributed by atoms with E-state index in [-0.39, 0.29) is 11.7 Å². The number of hydrogen-bond donors (Lipinski definition) is 2. The van der Waals surface area contributed by atoms with Gasteiger partial charge in [0.2, 0.25) is 0 Å². The molecule has 0 aromatic carbocycles. The van der Waals surface area contributed by atoms with Crippen LogP contribution in [-0.2, 0) is 0 Å². The molecule has 2 aromatic heterocycles. The summed E-state index contributed by atoms with van der Waals surface area (Å²) >= 11 is 0. The Morgan fingerprint density at radius 3 is 3.19 bits per heavy atom. The number of aromatic nitrogens is 2. The first-order chi connectivity index (χ1) is 10.3. The molecule has 1 amide bonds. The lowest BCUT2D eigenvalue weighted by Gasteiger charge is -2.13. The van der Waals surface area contributed by atoms with Crippen molar-refractivity contribution in [2.75, 3.05) is 18.5 Å². The van der Waals surface area contributed by atoms with E-state index in [1.165, 1.54) is 12.5 Å². The van der Waals surface area contributed by atoms with E-state index < -0.39 is 5.91 Å². The van der Waals surface area contributed by atoms with Gasteiger partial charge >= 0.3 is 6.01 Å². The number of pyridine rings is 1. The normalized spacial score (nSPS) is 17.6. The van der Waals surface area contributed by atoms with E-state index in [1.54, 1.807) is 18.3 Å². The number of nitrogens with one attached hydrogen (secondary N) is 2. The second kappa shape index (κ2) is 6.36. The van der Waals surface area contributed by atoms with Crippen LogP contribution >= 0.6 is 0 Å². The number of carbonyl (C=O) groups excluding carboxylic acids is 1. The maximum atomic E-state index is 12.2. The summed E-state index contributed by atoms with van der Waals surface area (Å²) < 4.78 is 10.7. The summed E-state index contributed by atoms with van der Waals surface area (Å²) in [5.74, 6) is 0.0442. The number of anilines is 1. The van der Waals surface area contributed by atoms with Gasteiger partial charge in [-0.3, -0.25) is 10.1 Å². The van der Waals surface area contributed by atoms with Crippen molar-refractivity contribution in [2.24, 2.45) is 0 Å². The maximum absolute atomic E-state index is 12.2.